The van der Waals surface area contributed by atoms with E-state index in [0.717, 1.165) is 31.7 Å². The summed E-state index contributed by atoms with van der Waals surface area (Å²) in [5.41, 5.74) is -0.200. The Morgan fingerprint density at radius 3 is 2.70 bits per heavy atom. The van der Waals surface area contributed by atoms with Crippen LogP contribution in [0.5, 0.6) is 0 Å². The third-order valence-electron chi connectivity index (χ3n) is 3.32. The highest BCUT2D eigenvalue weighted by Gasteiger charge is 2.22. The van der Waals surface area contributed by atoms with E-state index in [1.54, 1.807) is 26.0 Å². The molecule has 1 aromatic heterocycles. The van der Waals surface area contributed by atoms with Gasteiger partial charge in [-0.3, -0.25) is 4.79 Å². The number of nitrogens with one attached hydrogen (secondary N) is 1. The Balaban J connectivity index is 2.21. The molecule has 1 fully saturated rings. The Morgan fingerprint density at radius 2 is 2.10 bits per heavy atom. The molecule has 0 spiro atoms. The lowest BCUT2D eigenvalue weighted by Gasteiger charge is -2.24. The molecule has 2 N–H and O–H groups in total. The maximum atomic E-state index is 12.2. The molecule has 20 heavy (non-hydrogen) atoms. The van der Waals surface area contributed by atoms with Gasteiger partial charge in [0.05, 0.1) is 12.1 Å². The first-order chi connectivity index (χ1) is 9.41. The van der Waals surface area contributed by atoms with Crippen LogP contribution in [0.2, 0.25) is 5.15 Å². The van der Waals surface area contributed by atoms with Crippen LogP contribution in [0.3, 0.4) is 0 Å². The highest BCUT2D eigenvalue weighted by atomic mass is 35.5. The topological polar surface area (TPSA) is 65.5 Å². The predicted molar refractivity (Wildman–Crippen MR) is 79.3 cm³/mol. The SMILES string of the molecule is CC(C)(CO)NC(=O)c1cc(Cl)nc(N2CCCC2)c1. The number of hydrogen-bond donors (Lipinski definition) is 2. The van der Waals surface area contributed by atoms with Crippen LogP contribution < -0.4 is 10.2 Å². The minimum atomic E-state index is -0.666. The number of nitrogens with zero attached hydrogens (tertiary/aromatic N) is 2. The van der Waals surface area contributed by atoms with E-state index in [2.05, 4.69) is 15.2 Å². The van der Waals surface area contributed by atoms with E-state index in [4.69, 9.17) is 11.6 Å². The lowest BCUT2D eigenvalue weighted by atomic mass is 10.1. The van der Waals surface area contributed by atoms with Gasteiger partial charge in [0, 0.05) is 18.7 Å². The van der Waals surface area contributed by atoms with Gasteiger partial charge in [0.25, 0.3) is 5.91 Å². The average molecular weight is 298 g/mol. The van der Waals surface area contributed by atoms with E-state index in [1.807, 2.05) is 0 Å². The Hall–Kier alpha value is -1.33. The van der Waals surface area contributed by atoms with Crippen LogP contribution in [0.15, 0.2) is 12.1 Å². The standard InChI is InChI=1S/C14H20ClN3O2/c1-14(2,9-19)17-13(20)10-7-11(15)16-12(8-10)18-5-3-4-6-18/h7-8,19H,3-6,9H2,1-2H3,(H,17,20). The van der Waals surface area contributed by atoms with E-state index in [1.165, 1.54) is 0 Å². The Morgan fingerprint density at radius 1 is 1.45 bits per heavy atom. The maximum absolute atomic E-state index is 12.2. The average Bonchev–Trinajstić information content (AvgIpc) is 2.91. The van der Waals surface area contributed by atoms with E-state index in [0.29, 0.717) is 10.7 Å². The van der Waals surface area contributed by atoms with Crippen molar-refractivity contribution in [3.63, 3.8) is 0 Å². The number of halogens is 1. The highest BCUT2D eigenvalue weighted by Crippen LogP contribution is 2.22. The van der Waals surface area contributed by atoms with Crippen molar-refractivity contribution in [2.45, 2.75) is 32.2 Å². The van der Waals surface area contributed by atoms with E-state index in [-0.39, 0.29) is 12.5 Å². The van der Waals surface area contributed by atoms with Crippen molar-refractivity contribution in [1.82, 2.24) is 10.3 Å². The predicted octanol–water partition coefficient (Wildman–Crippen LogP) is 1.84. The zero-order valence-electron chi connectivity index (χ0n) is 11.8. The monoisotopic (exact) mass is 297 g/mol. The molecule has 0 unspecified atom stereocenters. The number of aliphatic hydroxyl groups is 1. The second kappa shape index (κ2) is 5.97. The molecule has 0 saturated carbocycles. The minimum absolute atomic E-state index is 0.128. The molecule has 1 saturated heterocycles. The van der Waals surface area contributed by atoms with Crippen LogP contribution >= 0.6 is 11.6 Å². The van der Waals surface area contributed by atoms with Gasteiger partial charge in [-0.05, 0) is 38.8 Å². The zero-order chi connectivity index (χ0) is 14.8. The van der Waals surface area contributed by atoms with Gasteiger partial charge in [0.1, 0.15) is 11.0 Å². The van der Waals surface area contributed by atoms with Crippen LogP contribution in [0.4, 0.5) is 5.82 Å². The highest BCUT2D eigenvalue weighted by molar-refractivity contribution is 6.29. The normalized spacial score (nSPS) is 15.5. The first-order valence-electron chi connectivity index (χ1n) is 6.77. The minimum Gasteiger partial charge on any atom is -0.394 e. The number of rotatable bonds is 4. The molecule has 0 radical (unpaired) electrons. The largest absolute Gasteiger partial charge is 0.394 e. The van der Waals surface area contributed by atoms with Gasteiger partial charge in [-0.2, -0.15) is 0 Å². The summed E-state index contributed by atoms with van der Waals surface area (Å²) < 4.78 is 0. The van der Waals surface area contributed by atoms with Crippen LogP contribution in [0.1, 0.15) is 37.0 Å². The molecule has 0 aromatic carbocycles. The smallest absolute Gasteiger partial charge is 0.252 e. The number of pyridine rings is 1. The zero-order valence-corrected chi connectivity index (χ0v) is 12.6. The first-order valence-corrected chi connectivity index (χ1v) is 7.15. The molecule has 2 rings (SSSR count). The summed E-state index contributed by atoms with van der Waals surface area (Å²) in [6.07, 6.45) is 2.26. The van der Waals surface area contributed by atoms with Gasteiger partial charge in [0.15, 0.2) is 0 Å². The van der Waals surface area contributed by atoms with Gasteiger partial charge in [0.2, 0.25) is 0 Å². The second-order valence-corrected chi connectivity index (χ2v) is 6.11. The van der Waals surface area contributed by atoms with Crippen LogP contribution in [0.25, 0.3) is 0 Å². The fraction of sp³-hybridized carbons (Fsp3) is 0.571. The molecular weight excluding hydrogens is 278 g/mol. The van der Waals surface area contributed by atoms with Crippen molar-refractivity contribution in [3.8, 4) is 0 Å². The molecule has 1 aromatic rings. The van der Waals surface area contributed by atoms with Crippen molar-refractivity contribution >= 4 is 23.3 Å². The van der Waals surface area contributed by atoms with Gasteiger partial charge in [-0.1, -0.05) is 11.6 Å². The number of aromatic nitrogens is 1. The molecule has 6 heteroatoms. The fourth-order valence-corrected chi connectivity index (χ4v) is 2.35. The summed E-state index contributed by atoms with van der Waals surface area (Å²) in [6.45, 7) is 5.27. The van der Waals surface area contributed by atoms with Crippen molar-refractivity contribution in [1.29, 1.82) is 0 Å². The Bertz CT molecular complexity index is 499. The molecule has 1 aliphatic rings. The van der Waals surface area contributed by atoms with Crippen LogP contribution in [0, 0.1) is 0 Å². The quantitative estimate of drug-likeness (QED) is 0.832. The summed E-state index contributed by atoms with van der Waals surface area (Å²) in [7, 11) is 0. The number of carbonyl (C=O) groups is 1. The summed E-state index contributed by atoms with van der Waals surface area (Å²) in [4.78, 5) is 18.6. The number of carbonyl (C=O) groups excluding carboxylic acids is 1. The fourth-order valence-electron chi connectivity index (χ4n) is 2.14. The molecule has 0 aliphatic carbocycles. The number of anilines is 1. The van der Waals surface area contributed by atoms with Crippen molar-refractivity contribution in [3.05, 3.63) is 22.8 Å². The number of hydrogen-bond acceptors (Lipinski definition) is 4. The Labute approximate surface area is 123 Å². The lowest BCUT2D eigenvalue weighted by molar-refractivity contribution is 0.0869. The molecule has 1 aliphatic heterocycles. The summed E-state index contributed by atoms with van der Waals surface area (Å²) in [6, 6.07) is 3.30. The number of amides is 1. The first kappa shape index (κ1) is 15.1. The third-order valence-corrected chi connectivity index (χ3v) is 3.51. The molecular formula is C14H20ClN3O2. The summed E-state index contributed by atoms with van der Waals surface area (Å²) in [5, 5.41) is 12.3. The Kier molecular flexibility index (Phi) is 4.50. The molecule has 110 valence electrons. The van der Waals surface area contributed by atoms with Gasteiger partial charge in [-0.15, -0.1) is 0 Å². The van der Waals surface area contributed by atoms with Crippen LogP contribution in [-0.2, 0) is 0 Å². The van der Waals surface area contributed by atoms with Crippen molar-refractivity contribution < 1.29 is 9.90 Å². The maximum Gasteiger partial charge on any atom is 0.252 e. The lowest BCUT2D eigenvalue weighted by Crippen LogP contribution is -2.46. The van der Waals surface area contributed by atoms with E-state index >= 15 is 0 Å². The van der Waals surface area contributed by atoms with Crippen LogP contribution in [-0.4, -0.2) is 41.2 Å². The molecule has 0 bridgehead atoms. The molecule has 0 atom stereocenters. The molecule has 2 heterocycles. The van der Waals surface area contributed by atoms with Gasteiger partial charge in [-0.25, -0.2) is 4.98 Å². The van der Waals surface area contributed by atoms with E-state index < -0.39 is 5.54 Å². The third kappa shape index (κ3) is 3.61. The van der Waals surface area contributed by atoms with Crippen molar-refractivity contribution in [2.24, 2.45) is 0 Å². The second-order valence-electron chi connectivity index (χ2n) is 5.73. The molecule has 5 nitrogen and oxygen atoms in total. The summed E-state index contributed by atoms with van der Waals surface area (Å²) >= 11 is 6.01. The number of aliphatic hydroxyl groups excluding tert-OH is 1. The van der Waals surface area contributed by atoms with Gasteiger partial charge >= 0.3 is 0 Å². The van der Waals surface area contributed by atoms with Crippen molar-refractivity contribution in [2.75, 3.05) is 24.6 Å². The summed E-state index contributed by atoms with van der Waals surface area (Å²) in [5.74, 6) is 0.482. The van der Waals surface area contributed by atoms with E-state index in [9.17, 15) is 9.90 Å². The molecule has 1 amide bonds. The van der Waals surface area contributed by atoms with Gasteiger partial charge < -0.3 is 15.3 Å².